The van der Waals surface area contributed by atoms with Crippen molar-refractivity contribution in [3.63, 3.8) is 0 Å². The molecule has 0 bridgehead atoms. The maximum atomic E-state index is 9.28. The third-order valence-electron chi connectivity index (χ3n) is 4.24. The summed E-state index contributed by atoms with van der Waals surface area (Å²) in [6.45, 7) is 5.50. The summed E-state index contributed by atoms with van der Waals surface area (Å²) >= 11 is 0. The number of aliphatic hydroxyl groups excluding tert-OH is 1. The van der Waals surface area contributed by atoms with E-state index in [0.29, 0.717) is 18.0 Å². The minimum atomic E-state index is 0.284. The molecule has 0 saturated heterocycles. The molecule has 0 spiro atoms. The number of rotatable bonds is 8. The summed E-state index contributed by atoms with van der Waals surface area (Å²) in [5, 5.41) is 13.0. The van der Waals surface area contributed by atoms with Crippen LogP contribution in [0.3, 0.4) is 0 Å². The Hall–Kier alpha value is -0.120. The van der Waals surface area contributed by atoms with Gasteiger partial charge in [-0.05, 0) is 31.1 Å². The molecule has 0 aliphatic heterocycles. The Labute approximate surface area is 112 Å². The second-order valence-corrected chi connectivity index (χ2v) is 5.99. The summed E-state index contributed by atoms with van der Waals surface area (Å²) in [5.74, 6) is 1.30. The lowest BCUT2D eigenvalue weighted by atomic mass is 9.82. The maximum Gasteiger partial charge on any atom is 0.0618 e. The zero-order valence-corrected chi connectivity index (χ0v) is 12.3. The largest absolute Gasteiger partial charge is 0.396 e. The highest BCUT2D eigenvalue weighted by atomic mass is 16.5. The van der Waals surface area contributed by atoms with Crippen molar-refractivity contribution in [2.75, 3.05) is 20.3 Å². The Kier molecular flexibility index (Phi) is 7.87. The summed E-state index contributed by atoms with van der Waals surface area (Å²) < 4.78 is 5.31. The average molecular weight is 257 g/mol. The molecule has 0 heterocycles. The molecule has 0 aromatic carbocycles. The van der Waals surface area contributed by atoms with Crippen LogP contribution in [0.15, 0.2) is 0 Å². The first-order valence-corrected chi connectivity index (χ1v) is 7.54. The van der Waals surface area contributed by atoms with Gasteiger partial charge in [-0.25, -0.2) is 0 Å². The number of hydrogen-bond donors (Lipinski definition) is 2. The van der Waals surface area contributed by atoms with Crippen molar-refractivity contribution in [3.05, 3.63) is 0 Å². The molecule has 1 rings (SSSR count). The number of hydrogen-bond acceptors (Lipinski definition) is 3. The minimum Gasteiger partial charge on any atom is -0.396 e. The fourth-order valence-corrected chi connectivity index (χ4v) is 3.02. The first-order chi connectivity index (χ1) is 8.69. The summed E-state index contributed by atoms with van der Waals surface area (Å²) in [4.78, 5) is 0. The van der Waals surface area contributed by atoms with Gasteiger partial charge in [0.1, 0.15) is 0 Å². The van der Waals surface area contributed by atoms with E-state index in [9.17, 15) is 5.11 Å². The van der Waals surface area contributed by atoms with Crippen LogP contribution in [-0.2, 0) is 4.74 Å². The fraction of sp³-hybridized carbons (Fsp3) is 1.00. The molecule has 1 saturated carbocycles. The van der Waals surface area contributed by atoms with E-state index < -0.39 is 0 Å². The van der Waals surface area contributed by atoms with Crippen molar-refractivity contribution in [2.24, 2.45) is 11.8 Å². The first kappa shape index (κ1) is 15.9. The monoisotopic (exact) mass is 257 g/mol. The van der Waals surface area contributed by atoms with E-state index in [1.807, 2.05) is 0 Å². The molecule has 2 atom stereocenters. The van der Waals surface area contributed by atoms with E-state index in [-0.39, 0.29) is 6.61 Å². The van der Waals surface area contributed by atoms with Crippen LogP contribution in [0.2, 0.25) is 0 Å². The van der Waals surface area contributed by atoms with Gasteiger partial charge in [-0.15, -0.1) is 0 Å². The highest BCUT2D eigenvalue weighted by Crippen LogP contribution is 2.28. The normalized spacial score (nSPS) is 21.2. The lowest BCUT2D eigenvalue weighted by Gasteiger charge is -2.35. The van der Waals surface area contributed by atoms with Crippen molar-refractivity contribution in [1.29, 1.82) is 0 Å². The third kappa shape index (κ3) is 5.25. The predicted octanol–water partition coefficient (Wildman–Crippen LogP) is 2.58. The summed E-state index contributed by atoms with van der Waals surface area (Å²) in [6.07, 6.45) is 7.59. The van der Waals surface area contributed by atoms with Crippen LogP contribution >= 0.6 is 0 Å². The van der Waals surface area contributed by atoms with E-state index >= 15 is 0 Å². The van der Waals surface area contributed by atoms with E-state index in [4.69, 9.17) is 4.74 Å². The zero-order valence-electron chi connectivity index (χ0n) is 12.3. The average Bonchev–Trinajstić information content (AvgIpc) is 2.38. The van der Waals surface area contributed by atoms with Crippen molar-refractivity contribution in [2.45, 2.75) is 64.5 Å². The van der Waals surface area contributed by atoms with Gasteiger partial charge in [-0.3, -0.25) is 0 Å². The molecule has 0 aromatic heterocycles. The Balaban J connectivity index is 2.53. The molecule has 0 amide bonds. The lowest BCUT2D eigenvalue weighted by molar-refractivity contribution is 0.119. The number of ether oxygens (including phenoxy) is 1. The van der Waals surface area contributed by atoms with Gasteiger partial charge in [-0.2, -0.15) is 0 Å². The van der Waals surface area contributed by atoms with E-state index in [1.54, 1.807) is 7.11 Å². The van der Waals surface area contributed by atoms with Gasteiger partial charge >= 0.3 is 0 Å². The Bertz CT molecular complexity index is 203. The Morgan fingerprint density at radius 1 is 1.22 bits per heavy atom. The van der Waals surface area contributed by atoms with Gasteiger partial charge in [0.2, 0.25) is 0 Å². The topological polar surface area (TPSA) is 41.5 Å². The predicted molar refractivity (Wildman–Crippen MR) is 75.7 cm³/mol. The second kappa shape index (κ2) is 8.89. The maximum absolute atomic E-state index is 9.28. The smallest absolute Gasteiger partial charge is 0.0618 e. The fourth-order valence-electron chi connectivity index (χ4n) is 3.02. The van der Waals surface area contributed by atoms with Crippen LogP contribution in [0, 0.1) is 11.8 Å². The van der Waals surface area contributed by atoms with Crippen molar-refractivity contribution < 1.29 is 9.84 Å². The molecule has 108 valence electrons. The second-order valence-electron chi connectivity index (χ2n) is 5.99. The Morgan fingerprint density at radius 2 is 1.89 bits per heavy atom. The first-order valence-electron chi connectivity index (χ1n) is 7.54. The van der Waals surface area contributed by atoms with Crippen LogP contribution in [0.5, 0.6) is 0 Å². The summed E-state index contributed by atoms with van der Waals surface area (Å²) in [5.41, 5.74) is 0. The third-order valence-corrected chi connectivity index (χ3v) is 4.24. The number of nitrogens with one attached hydrogen (secondary N) is 1. The molecule has 2 unspecified atom stereocenters. The molecule has 3 nitrogen and oxygen atoms in total. The van der Waals surface area contributed by atoms with Crippen molar-refractivity contribution >= 4 is 0 Å². The van der Waals surface area contributed by atoms with Gasteiger partial charge in [0.05, 0.1) is 6.61 Å². The van der Waals surface area contributed by atoms with E-state index in [2.05, 4.69) is 19.2 Å². The Morgan fingerprint density at radius 3 is 2.39 bits per heavy atom. The van der Waals surface area contributed by atoms with E-state index in [0.717, 1.165) is 18.9 Å². The molecule has 2 N–H and O–H groups in total. The zero-order chi connectivity index (χ0) is 13.4. The minimum absolute atomic E-state index is 0.284. The highest BCUT2D eigenvalue weighted by Gasteiger charge is 2.26. The molecule has 1 aliphatic rings. The molecule has 3 heteroatoms. The molecule has 0 aromatic rings. The quantitative estimate of drug-likeness (QED) is 0.702. The van der Waals surface area contributed by atoms with E-state index in [1.165, 1.54) is 32.1 Å². The van der Waals surface area contributed by atoms with Gasteiger partial charge in [0, 0.05) is 25.8 Å². The van der Waals surface area contributed by atoms with Crippen molar-refractivity contribution in [1.82, 2.24) is 5.32 Å². The number of methoxy groups -OCH3 is 1. The van der Waals surface area contributed by atoms with Gasteiger partial charge in [-0.1, -0.05) is 33.1 Å². The molecule has 18 heavy (non-hydrogen) atoms. The van der Waals surface area contributed by atoms with Crippen LogP contribution < -0.4 is 5.32 Å². The van der Waals surface area contributed by atoms with Gasteiger partial charge in [0.15, 0.2) is 0 Å². The van der Waals surface area contributed by atoms with Crippen LogP contribution in [0.25, 0.3) is 0 Å². The van der Waals surface area contributed by atoms with Crippen molar-refractivity contribution in [3.8, 4) is 0 Å². The van der Waals surface area contributed by atoms with Gasteiger partial charge < -0.3 is 15.2 Å². The van der Waals surface area contributed by atoms with Crippen LogP contribution in [0.1, 0.15) is 52.4 Å². The lowest BCUT2D eigenvalue weighted by Crippen LogP contribution is -2.48. The standard InChI is InChI=1S/C15H31NO2/c1-12(2)15(11-18-3)16-14(9-10-17)13-7-5-4-6-8-13/h12-17H,4-11H2,1-3H3. The molecule has 1 aliphatic carbocycles. The number of aliphatic hydroxyl groups is 1. The molecule has 1 fully saturated rings. The van der Waals surface area contributed by atoms with Crippen LogP contribution in [-0.4, -0.2) is 37.5 Å². The van der Waals surface area contributed by atoms with Gasteiger partial charge in [0.25, 0.3) is 0 Å². The summed E-state index contributed by atoms with van der Waals surface area (Å²) in [7, 11) is 1.76. The molecular weight excluding hydrogens is 226 g/mol. The SMILES string of the molecule is COCC(NC(CCO)C1CCCCC1)C(C)C. The van der Waals surface area contributed by atoms with Crippen LogP contribution in [0.4, 0.5) is 0 Å². The molecule has 0 radical (unpaired) electrons. The highest BCUT2D eigenvalue weighted by molar-refractivity contribution is 4.83. The molecular formula is C15H31NO2. The summed E-state index contributed by atoms with van der Waals surface area (Å²) in [6, 6.07) is 0.853.